The van der Waals surface area contributed by atoms with E-state index >= 15 is 0 Å². The molecular weight excluding hydrogens is 404 g/mol. The van der Waals surface area contributed by atoms with E-state index < -0.39 is 30.0 Å². The summed E-state index contributed by atoms with van der Waals surface area (Å²) < 4.78 is 5.33. The maximum Gasteiger partial charge on any atom is 0.326 e. The predicted octanol–water partition coefficient (Wildman–Crippen LogP) is 4.25. The SMILES string of the molecule is CC[C@]1(c2ccccc2)NC(=O)N(CC(=O)OCc2ccc(-c3ccccc3)cc2)C1=O. The number of rotatable bonds is 7. The Balaban J connectivity index is 1.38. The molecule has 6 heteroatoms. The second-order valence-electron chi connectivity index (χ2n) is 7.67. The Morgan fingerprint density at radius 2 is 1.47 bits per heavy atom. The molecule has 1 saturated heterocycles. The van der Waals surface area contributed by atoms with Gasteiger partial charge >= 0.3 is 12.0 Å². The van der Waals surface area contributed by atoms with Crippen molar-refractivity contribution in [3.05, 3.63) is 96.1 Å². The summed E-state index contributed by atoms with van der Waals surface area (Å²) >= 11 is 0. The highest BCUT2D eigenvalue weighted by Gasteiger charge is 2.51. The zero-order valence-corrected chi connectivity index (χ0v) is 17.8. The lowest BCUT2D eigenvalue weighted by molar-refractivity contribution is -0.149. The number of benzene rings is 3. The largest absolute Gasteiger partial charge is 0.459 e. The molecule has 6 nitrogen and oxygen atoms in total. The fraction of sp³-hybridized carbons (Fsp3) is 0.192. The highest BCUT2D eigenvalue weighted by atomic mass is 16.5. The van der Waals surface area contributed by atoms with Crippen LogP contribution in [0.4, 0.5) is 4.79 Å². The topological polar surface area (TPSA) is 75.7 Å². The number of esters is 1. The Labute approximate surface area is 186 Å². The van der Waals surface area contributed by atoms with Gasteiger partial charge in [-0.1, -0.05) is 91.9 Å². The molecular formula is C26H24N2O4. The summed E-state index contributed by atoms with van der Waals surface area (Å²) in [5.41, 5.74) is 2.52. The van der Waals surface area contributed by atoms with Gasteiger partial charge in [-0.2, -0.15) is 0 Å². The van der Waals surface area contributed by atoms with Gasteiger partial charge in [0.25, 0.3) is 5.91 Å². The minimum atomic E-state index is -1.16. The Hall–Kier alpha value is -3.93. The van der Waals surface area contributed by atoms with E-state index in [0.29, 0.717) is 12.0 Å². The summed E-state index contributed by atoms with van der Waals surface area (Å²) in [6.07, 6.45) is 0.376. The molecule has 0 radical (unpaired) electrons. The first kappa shape index (κ1) is 21.3. The quantitative estimate of drug-likeness (QED) is 0.451. The van der Waals surface area contributed by atoms with E-state index in [4.69, 9.17) is 4.74 Å². The number of hydrogen-bond donors (Lipinski definition) is 1. The third-order valence-corrected chi connectivity index (χ3v) is 5.72. The molecule has 0 spiro atoms. The number of ether oxygens (including phenoxy) is 1. The average molecular weight is 428 g/mol. The van der Waals surface area contributed by atoms with Gasteiger partial charge in [-0.15, -0.1) is 0 Å². The van der Waals surface area contributed by atoms with Gasteiger partial charge in [0.05, 0.1) is 0 Å². The molecule has 1 N–H and O–H groups in total. The standard InChI is InChI=1S/C26H24N2O4/c1-2-26(22-11-7-4-8-12-22)24(30)28(25(31)27-26)17-23(29)32-18-19-13-15-21(16-14-19)20-9-5-3-6-10-20/h3-16H,2,17-18H2,1H3,(H,27,31)/t26-/m1/s1. The van der Waals surface area contributed by atoms with Crippen LogP contribution in [0, 0.1) is 0 Å². The van der Waals surface area contributed by atoms with E-state index in [2.05, 4.69) is 5.32 Å². The zero-order chi connectivity index (χ0) is 22.6. The number of amides is 3. The summed E-state index contributed by atoms with van der Waals surface area (Å²) in [7, 11) is 0. The first-order valence-corrected chi connectivity index (χ1v) is 10.5. The summed E-state index contributed by atoms with van der Waals surface area (Å²) in [6, 6.07) is 26.1. The van der Waals surface area contributed by atoms with Crippen molar-refractivity contribution in [3.8, 4) is 11.1 Å². The summed E-state index contributed by atoms with van der Waals surface area (Å²) in [6.45, 7) is 1.46. The first-order chi connectivity index (χ1) is 15.5. The highest BCUT2D eigenvalue weighted by Crippen LogP contribution is 2.32. The van der Waals surface area contributed by atoms with Crippen LogP contribution in [-0.4, -0.2) is 29.4 Å². The number of urea groups is 1. The lowest BCUT2D eigenvalue weighted by Gasteiger charge is -2.25. The third kappa shape index (κ3) is 4.12. The van der Waals surface area contributed by atoms with Crippen LogP contribution in [0.3, 0.4) is 0 Å². The van der Waals surface area contributed by atoms with Crippen LogP contribution >= 0.6 is 0 Å². The molecule has 1 heterocycles. The van der Waals surface area contributed by atoms with E-state index in [9.17, 15) is 14.4 Å². The predicted molar refractivity (Wildman–Crippen MR) is 120 cm³/mol. The molecule has 3 amide bonds. The molecule has 4 rings (SSSR count). The van der Waals surface area contributed by atoms with Gasteiger partial charge in [0.2, 0.25) is 0 Å². The molecule has 1 atom stereocenters. The lowest BCUT2D eigenvalue weighted by atomic mass is 9.87. The molecule has 1 aliphatic heterocycles. The average Bonchev–Trinajstić information content (AvgIpc) is 3.09. The number of hydrogen-bond acceptors (Lipinski definition) is 4. The van der Waals surface area contributed by atoms with Crippen LogP contribution in [0.2, 0.25) is 0 Å². The maximum absolute atomic E-state index is 13.1. The van der Waals surface area contributed by atoms with Gasteiger partial charge in [0.1, 0.15) is 18.7 Å². The van der Waals surface area contributed by atoms with Gasteiger partial charge in [-0.25, -0.2) is 4.79 Å². The summed E-state index contributed by atoms with van der Waals surface area (Å²) in [5, 5.41) is 2.76. The van der Waals surface area contributed by atoms with Gasteiger partial charge in [-0.05, 0) is 28.7 Å². The van der Waals surface area contributed by atoms with Crippen LogP contribution in [0.1, 0.15) is 24.5 Å². The minimum absolute atomic E-state index is 0.0646. The van der Waals surface area contributed by atoms with Crippen molar-refractivity contribution in [2.75, 3.05) is 6.54 Å². The second kappa shape index (κ2) is 9.06. The number of nitrogens with one attached hydrogen (secondary N) is 1. The normalized spacial score (nSPS) is 17.8. The van der Waals surface area contributed by atoms with E-state index in [1.165, 1.54) is 0 Å². The molecule has 0 aliphatic carbocycles. The van der Waals surface area contributed by atoms with Crippen molar-refractivity contribution < 1.29 is 19.1 Å². The van der Waals surface area contributed by atoms with Gasteiger partial charge < -0.3 is 10.1 Å². The fourth-order valence-electron chi connectivity index (χ4n) is 3.89. The molecule has 3 aromatic rings. The Morgan fingerprint density at radius 3 is 2.09 bits per heavy atom. The van der Waals surface area contributed by atoms with Crippen LogP contribution < -0.4 is 5.32 Å². The van der Waals surface area contributed by atoms with E-state index in [0.717, 1.165) is 21.6 Å². The van der Waals surface area contributed by atoms with Crippen molar-refractivity contribution in [2.45, 2.75) is 25.5 Å². The lowest BCUT2D eigenvalue weighted by Crippen LogP contribution is -2.43. The van der Waals surface area contributed by atoms with Crippen LogP contribution in [-0.2, 0) is 26.5 Å². The molecule has 0 saturated carbocycles. The van der Waals surface area contributed by atoms with Crippen LogP contribution in [0.5, 0.6) is 0 Å². The highest BCUT2D eigenvalue weighted by molar-refractivity contribution is 6.09. The molecule has 32 heavy (non-hydrogen) atoms. The zero-order valence-electron chi connectivity index (χ0n) is 17.8. The van der Waals surface area contributed by atoms with Crippen molar-refractivity contribution in [1.82, 2.24) is 10.2 Å². The number of carbonyl (C=O) groups excluding carboxylic acids is 3. The molecule has 0 unspecified atom stereocenters. The van der Waals surface area contributed by atoms with E-state index in [1.54, 1.807) is 12.1 Å². The molecule has 1 fully saturated rings. The molecule has 0 bridgehead atoms. The van der Waals surface area contributed by atoms with Gasteiger partial charge in [0, 0.05) is 0 Å². The van der Waals surface area contributed by atoms with Gasteiger partial charge in [0.15, 0.2) is 0 Å². The van der Waals surface area contributed by atoms with Crippen molar-refractivity contribution in [3.63, 3.8) is 0 Å². The maximum atomic E-state index is 13.1. The Bertz CT molecular complexity index is 1110. The van der Waals surface area contributed by atoms with Crippen molar-refractivity contribution in [2.24, 2.45) is 0 Å². The van der Waals surface area contributed by atoms with Crippen molar-refractivity contribution in [1.29, 1.82) is 0 Å². The molecule has 3 aromatic carbocycles. The first-order valence-electron chi connectivity index (χ1n) is 10.5. The summed E-state index contributed by atoms with van der Waals surface area (Å²) in [4.78, 5) is 38.9. The van der Waals surface area contributed by atoms with Crippen LogP contribution in [0.15, 0.2) is 84.9 Å². The van der Waals surface area contributed by atoms with E-state index in [-0.39, 0.29) is 6.61 Å². The fourth-order valence-corrected chi connectivity index (χ4v) is 3.89. The Morgan fingerprint density at radius 1 is 0.875 bits per heavy atom. The Kier molecular flexibility index (Phi) is 6.03. The van der Waals surface area contributed by atoms with Gasteiger partial charge in [-0.3, -0.25) is 14.5 Å². The molecule has 162 valence electrons. The minimum Gasteiger partial charge on any atom is -0.459 e. The van der Waals surface area contributed by atoms with Crippen LogP contribution in [0.25, 0.3) is 11.1 Å². The van der Waals surface area contributed by atoms with E-state index in [1.807, 2.05) is 79.7 Å². The second-order valence-corrected chi connectivity index (χ2v) is 7.67. The smallest absolute Gasteiger partial charge is 0.326 e. The number of carbonyl (C=O) groups is 3. The number of nitrogens with zero attached hydrogens (tertiary/aromatic N) is 1. The monoisotopic (exact) mass is 428 g/mol. The third-order valence-electron chi connectivity index (χ3n) is 5.72. The summed E-state index contributed by atoms with van der Waals surface area (Å²) in [5.74, 6) is -1.08. The van der Waals surface area contributed by atoms with Crippen molar-refractivity contribution >= 4 is 17.9 Å². The molecule has 0 aromatic heterocycles. The molecule has 1 aliphatic rings. The number of imide groups is 1.